The Morgan fingerprint density at radius 2 is 2.09 bits per heavy atom. The van der Waals surface area contributed by atoms with Crippen molar-refractivity contribution in [1.82, 2.24) is 9.55 Å². The van der Waals surface area contributed by atoms with Crippen LogP contribution in [0.15, 0.2) is 15.8 Å². The normalized spacial score (nSPS) is 27.8. The van der Waals surface area contributed by atoms with Gasteiger partial charge in [0.15, 0.2) is 6.23 Å². The Kier molecular flexibility index (Phi) is 4.76. The number of hydrogen-bond acceptors (Lipinski definition) is 8. The summed E-state index contributed by atoms with van der Waals surface area (Å²) in [7, 11) is 1.15. The van der Waals surface area contributed by atoms with Crippen LogP contribution < -0.4 is 11.2 Å². The number of nitrogens with zero attached hydrogens (tertiary/aromatic N) is 1. The molecule has 0 bridgehead atoms. The molecule has 0 aromatic carbocycles. The van der Waals surface area contributed by atoms with Crippen LogP contribution in [-0.2, 0) is 20.7 Å². The van der Waals surface area contributed by atoms with E-state index in [1.807, 2.05) is 4.98 Å². The highest BCUT2D eigenvalue weighted by molar-refractivity contribution is 5.72. The second kappa shape index (κ2) is 6.40. The molecule has 1 aliphatic rings. The number of methoxy groups -OCH3 is 1. The van der Waals surface area contributed by atoms with Gasteiger partial charge in [0.05, 0.1) is 20.1 Å². The van der Waals surface area contributed by atoms with Crippen molar-refractivity contribution in [1.29, 1.82) is 0 Å². The lowest BCUT2D eigenvalue weighted by molar-refractivity contribution is -0.139. The lowest BCUT2D eigenvalue weighted by atomic mass is 10.1. The van der Waals surface area contributed by atoms with E-state index in [9.17, 15) is 24.6 Å². The quantitative estimate of drug-likeness (QED) is 0.425. The molecule has 1 aromatic heterocycles. The van der Waals surface area contributed by atoms with Gasteiger partial charge in [-0.3, -0.25) is 19.1 Å². The highest BCUT2D eigenvalue weighted by Crippen LogP contribution is 2.27. The number of aromatic nitrogens is 2. The predicted molar refractivity (Wildman–Crippen MR) is 70.1 cm³/mol. The first-order valence-electron chi connectivity index (χ1n) is 6.42. The largest absolute Gasteiger partial charge is 0.469 e. The van der Waals surface area contributed by atoms with E-state index in [2.05, 4.69) is 4.74 Å². The second-order valence-corrected chi connectivity index (χ2v) is 4.80. The Morgan fingerprint density at radius 1 is 1.41 bits per heavy atom. The predicted octanol–water partition coefficient (Wildman–Crippen LogP) is -3.14. The standard InChI is InChI=1S/C12H16N2O8/c1-21-7(16)2-5-3-14(12(20)13-10(5)19)11-9(18)8(17)6(4-15)22-11/h3,6,8-9,11,15,17-18H,2,4H2,1H3,(H,13,19,20)/t6-,8+,9+,11-/m1/s1. The molecule has 0 unspecified atom stereocenters. The molecule has 0 aliphatic carbocycles. The lowest BCUT2D eigenvalue weighted by Crippen LogP contribution is -2.39. The molecule has 4 N–H and O–H groups in total. The third-order valence-corrected chi connectivity index (χ3v) is 3.40. The van der Waals surface area contributed by atoms with E-state index in [1.165, 1.54) is 0 Å². The maximum Gasteiger partial charge on any atom is 0.330 e. The minimum Gasteiger partial charge on any atom is -0.469 e. The van der Waals surface area contributed by atoms with Crippen LogP contribution in [0.25, 0.3) is 0 Å². The van der Waals surface area contributed by atoms with Crippen molar-refractivity contribution in [3.63, 3.8) is 0 Å². The fourth-order valence-corrected chi connectivity index (χ4v) is 2.18. The average Bonchev–Trinajstić information content (AvgIpc) is 2.77. The summed E-state index contributed by atoms with van der Waals surface area (Å²) in [5.74, 6) is -0.683. The Bertz CT molecular complexity index is 666. The zero-order chi connectivity index (χ0) is 16.4. The molecular formula is C12H16N2O8. The summed E-state index contributed by atoms with van der Waals surface area (Å²) < 4.78 is 10.5. The first kappa shape index (κ1) is 16.4. The topological polar surface area (TPSA) is 151 Å². The molecule has 122 valence electrons. The monoisotopic (exact) mass is 316 g/mol. The van der Waals surface area contributed by atoms with Gasteiger partial charge in [-0.25, -0.2) is 4.79 Å². The van der Waals surface area contributed by atoms with Crippen molar-refractivity contribution in [2.45, 2.75) is 31.0 Å². The molecule has 4 atom stereocenters. The summed E-state index contributed by atoms with van der Waals surface area (Å²) >= 11 is 0. The molecule has 0 saturated carbocycles. The van der Waals surface area contributed by atoms with Crippen molar-refractivity contribution in [3.8, 4) is 0 Å². The van der Waals surface area contributed by atoms with Crippen molar-refractivity contribution in [2.24, 2.45) is 0 Å². The zero-order valence-electron chi connectivity index (χ0n) is 11.6. The number of carbonyl (C=O) groups excluding carboxylic acids is 1. The van der Waals surface area contributed by atoms with Gasteiger partial charge >= 0.3 is 11.7 Å². The highest BCUT2D eigenvalue weighted by atomic mass is 16.6. The van der Waals surface area contributed by atoms with E-state index in [0.29, 0.717) is 0 Å². The molecule has 1 aliphatic heterocycles. The number of hydrogen-bond donors (Lipinski definition) is 4. The number of rotatable bonds is 4. The number of aromatic amines is 1. The van der Waals surface area contributed by atoms with Crippen LogP contribution in [0.5, 0.6) is 0 Å². The maximum absolute atomic E-state index is 11.8. The zero-order valence-corrected chi connectivity index (χ0v) is 11.6. The van der Waals surface area contributed by atoms with Gasteiger partial charge in [-0.05, 0) is 0 Å². The van der Waals surface area contributed by atoms with Crippen LogP contribution in [0, 0.1) is 0 Å². The smallest absolute Gasteiger partial charge is 0.330 e. The Hall–Kier alpha value is -2.01. The van der Waals surface area contributed by atoms with Crippen LogP contribution in [0.3, 0.4) is 0 Å². The maximum atomic E-state index is 11.8. The molecule has 0 radical (unpaired) electrons. The first-order chi connectivity index (χ1) is 10.4. The van der Waals surface area contributed by atoms with Crippen LogP contribution in [0.2, 0.25) is 0 Å². The Labute approximate surface area is 123 Å². The average molecular weight is 316 g/mol. The summed E-state index contributed by atoms with van der Waals surface area (Å²) in [6.07, 6.45) is -4.56. The molecule has 1 fully saturated rings. The highest BCUT2D eigenvalue weighted by Gasteiger charge is 2.43. The van der Waals surface area contributed by atoms with Crippen molar-refractivity contribution >= 4 is 5.97 Å². The SMILES string of the molecule is COC(=O)Cc1cn([C@@H]2O[C@H](CO)[C@H](O)[C@@H]2O)c(=O)[nH]c1=O. The molecule has 1 aromatic rings. The van der Waals surface area contributed by atoms with Gasteiger partial charge in [0.2, 0.25) is 0 Å². The Morgan fingerprint density at radius 3 is 2.64 bits per heavy atom. The molecule has 1 saturated heterocycles. The van der Waals surface area contributed by atoms with Crippen LogP contribution >= 0.6 is 0 Å². The molecule has 0 amide bonds. The number of esters is 1. The van der Waals surface area contributed by atoms with Gasteiger partial charge in [-0.15, -0.1) is 0 Å². The number of aliphatic hydroxyl groups is 3. The van der Waals surface area contributed by atoms with E-state index >= 15 is 0 Å². The van der Waals surface area contributed by atoms with Gasteiger partial charge in [-0.2, -0.15) is 0 Å². The number of carbonyl (C=O) groups is 1. The van der Waals surface area contributed by atoms with Gasteiger partial charge < -0.3 is 24.8 Å². The van der Waals surface area contributed by atoms with Gasteiger partial charge in [0.1, 0.15) is 18.3 Å². The van der Waals surface area contributed by atoms with E-state index in [0.717, 1.165) is 17.9 Å². The Balaban J connectivity index is 2.39. The summed E-state index contributed by atoms with van der Waals surface area (Å²) in [6.45, 7) is -0.554. The molecule has 0 spiro atoms. The van der Waals surface area contributed by atoms with Crippen LogP contribution in [-0.4, -0.2) is 62.9 Å². The second-order valence-electron chi connectivity index (χ2n) is 4.80. The lowest BCUT2D eigenvalue weighted by Gasteiger charge is -2.17. The van der Waals surface area contributed by atoms with Crippen molar-refractivity contribution in [3.05, 3.63) is 32.6 Å². The van der Waals surface area contributed by atoms with Crippen molar-refractivity contribution in [2.75, 3.05) is 13.7 Å². The molecular weight excluding hydrogens is 300 g/mol. The van der Waals surface area contributed by atoms with Gasteiger partial charge in [-0.1, -0.05) is 0 Å². The number of aliphatic hydroxyl groups excluding tert-OH is 3. The van der Waals surface area contributed by atoms with Crippen LogP contribution in [0.1, 0.15) is 11.8 Å². The van der Waals surface area contributed by atoms with E-state index < -0.39 is 48.4 Å². The van der Waals surface area contributed by atoms with E-state index in [-0.39, 0.29) is 12.0 Å². The summed E-state index contributed by atoms with van der Waals surface area (Å²) in [6, 6.07) is 0. The third-order valence-electron chi connectivity index (χ3n) is 3.40. The summed E-state index contributed by atoms with van der Waals surface area (Å²) in [4.78, 5) is 36.7. The van der Waals surface area contributed by atoms with Crippen LogP contribution in [0.4, 0.5) is 0 Å². The first-order valence-corrected chi connectivity index (χ1v) is 6.42. The number of nitrogens with one attached hydrogen (secondary N) is 1. The fraction of sp³-hybridized carbons (Fsp3) is 0.583. The van der Waals surface area contributed by atoms with E-state index in [4.69, 9.17) is 9.84 Å². The number of ether oxygens (including phenoxy) is 2. The molecule has 2 heterocycles. The van der Waals surface area contributed by atoms with Gasteiger partial charge in [0, 0.05) is 11.8 Å². The molecule has 22 heavy (non-hydrogen) atoms. The minimum absolute atomic E-state index is 0.0656. The minimum atomic E-state index is -1.48. The molecule has 10 nitrogen and oxygen atoms in total. The number of H-pyrrole nitrogens is 1. The molecule has 10 heteroatoms. The fourth-order valence-electron chi connectivity index (χ4n) is 2.18. The summed E-state index contributed by atoms with van der Waals surface area (Å²) in [5, 5.41) is 28.6. The van der Waals surface area contributed by atoms with E-state index in [1.54, 1.807) is 0 Å². The van der Waals surface area contributed by atoms with Gasteiger partial charge in [0.25, 0.3) is 5.56 Å². The summed E-state index contributed by atoms with van der Waals surface area (Å²) in [5.41, 5.74) is -1.71. The van der Waals surface area contributed by atoms with Crippen molar-refractivity contribution < 1.29 is 29.6 Å². The third kappa shape index (κ3) is 2.95. The molecule has 2 rings (SSSR count).